The molecule has 0 aliphatic rings. The Morgan fingerprint density at radius 2 is 2.31 bits per heavy atom. The molecule has 1 rings (SSSR count). The van der Waals surface area contributed by atoms with Crippen molar-refractivity contribution in [1.82, 2.24) is 4.98 Å². The maximum absolute atomic E-state index is 12.7. The molecule has 0 atom stereocenters. The average molecular weight is 315 g/mol. The van der Waals surface area contributed by atoms with Gasteiger partial charge in [-0.3, -0.25) is 0 Å². The summed E-state index contributed by atoms with van der Waals surface area (Å²) in [4.78, 5) is 14.9. The molecule has 88 valence electrons. The molecule has 0 saturated carbocycles. The molecule has 1 aromatic rings. The fourth-order valence-corrected chi connectivity index (χ4v) is 1.70. The van der Waals surface area contributed by atoms with Crippen molar-refractivity contribution in [2.24, 2.45) is 0 Å². The largest absolute Gasteiger partial charge is 0.465 e. The summed E-state index contributed by atoms with van der Waals surface area (Å²) < 4.78 is 29.7. The van der Waals surface area contributed by atoms with Crippen LogP contribution in [0.1, 0.15) is 28.2 Å². The van der Waals surface area contributed by atoms with Crippen LogP contribution in [0.2, 0.25) is 5.02 Å². The first-order valence-corrected chi connectivity index (χ1v) is 5.63. The summed E-state index contributed by atoms with van der Waals surface area (Å²) >= 11 is 8.81. The van der Waals surface area contributed by atoms with Gasteiger partial charge in [-0.1, -0.05) is 27.5 Å². The van der Waals surface area contributed by atoms with Gasteiger partial charge in [0.25, 0.3) is 6.43 Å². The van der Waals surface area contributed by atoms with Crippen LogP contribution in [0.25, 0.3) is 0 Å². The van der Waals surface area contributed by atoms with Gasteiger partial charge in [0.05, 0.1) is 17.8 Å². The molecule has 0 spiro atoms. The third-order valence-electron chi connectivity index (χ3n) is 1.79. The Morgan fingerprint density at radius 1 is 1.69 bits per heavy atom. The minimum atomic E-state index is -2.88. The van der Waals surface area contributed by atoms with E-state index < -0.39 is 18.1 Å². The van der Waals surface area contributed by atoms with Crippen LogP contribution in [-0.4, -0.2) is 18.1 Å². The number of nitrogens with zero attached hydrogens (tertiary/aromatic N) is 1. The quantitative estimate of drug-likeness (QED) is 0.634. The molecule has 0 N–H and O–H groups in total. The van der Waals surface area contributed by atoms with Gasteiger partial charge in [0.15, 0.2) is 0 Å². The van der Waals surface area contributed by atoms with Gasteiger partial charge in [0.1, 0.15) is 11.3 Å². The molecule has 3 nitrogen and oxygen atoms in total. The van der Waals surface area contributed by atoms with Crippen molar-refractivity contribution in [1.29, 1.82) is 0 Å². The topological polar surface area (TPSA) is 39.2 Å². The number of rotatable bonds is 3. The summed E-state index contributed by atoms with van der Waals surface area (Å²) in [5.41, 5.74) is -0.717. The molecular weight excluding hydrogens is 307 g/mol. The van der Waals surface area contributed by atoms with Crippen molar-refractivity contribution in [3.63, 3.8) is 0 Å². The van der Waals surface area contributed by atoms with Gasteiger partial charge in [0, 0.05) is 5.33 Å². The van der Waals surface area contributed by atoms with Gasteiger partial charge in [0.2, 0.25) is 0 Å². The van der Waals surface area contributed by atoms with Crippen LogP contribution in [0.5, 0.6) is 0 Å². The van der Waals surface area contributed by atoms with Crippen LogP contribution in [0.3, 0.4) is 0 Å². The predicted octanol–water partition coefficient (Wildman–Crippen LogP) is 3.35. The minimum absolute atomic E-state index is 0.0911. The smallest absolute Gasteiger partial charge is 0.341 e. The maximum Gasteiger partial charge on any atom is 0.341 e. The highest BCUT2D eigenvalue weighted by Gasteiger charge is 2.24. The molecule has 0 bridgehead atoms. The van der Waals surface area contributed by atoms with Gasteiger partial charge < -0.3 is 4.74 Å². The average Bonchev–Trinajstić information content (AvgIpc) is 2.26. The van der Waals surface area contributed by atoms with E-state index in [0.717, 1.165) is 7.11 Å². The van der Waals surface area contributed by atoms with E-state index in [-0.39, 0.29) is 15.9 Å². The lowest BCUT2D eigenvalue weighted by atomic mass is 10.1. The van der Waals surface area contributed by atoms with Gasteiger partial charge in [-0.2, -0.15) is 0 Å². The second-order valence-electron chi connectivity index (χ2n) is 2.78. The third kappa shape index (κ3) is 2.68. The zero-order valence-corrected chi connectivity index (χ0v) is 10.5. The fourth-order valence-electron chi connectivity index (χ4n) is 1.11. The molecule has 0 saturated heterocycles. The molecule has 0 unspecified atom stereocenters. The van der Waals surface area contributed by atoms with Gasteiger partial charge >= 0.3 is 5.97 Å². The number of hydrogen-bond donors (Lipinski definition) is 0. The Kier molecular flexibility index (Phi) is 4.61. The number of carbonyl (C=O) groups is 1. The number of alkyl halides is 3. The first-order chi connectivity index (χ1) is 7.51. The normalized spacial score (nSPS) is 10.6. The highest BCUT2D eigenvalue weighted by molar-refractivity contribution is 9.08. The number of ether oxygens (including phenoxy) is 1. The Labute approximate surface area is 104 Å². The summed E-state index contributed by atoms with van der Waals surface area (Å²) in [6.45, 7) is 0. The Balaban J connectivity index is 3.39. The van der Waals surface area contributed by atoms with Crippen molar-refractivity contribution >= 4 is 33.5 Å². The van der Waals surface area contributed by atoms with Crippen LogP contribution in [0, 0.1) is 0 Å². The molecule has 0 aromatic carbocycles. The molecule has 0 amide bonds. The van der Waals surface area contributed by atoms with Crippen molar-refractivity contribution in [2.45, 2.75) is 11.8 Å². The predicted molar refractivity (Wildman–Crippen MR) is 58.2 cm³/mol. The Bertz CT molecular complexity index is 415. The molecule has 1 heterocycles. The summed E-state index contributed by atoms with van der Waals surface area (Å²) in [7, 11) is 1.09. The number of aromatic nitrogens is 1. The van der Waals surface area contributed by atoms with Gasteiger partial charge in [-0.25, -0.2) is 18.6 Å². The van der Waals surface area contributed by atoms with Gasteiger partial charge in [-0.15, -0.1) is 0 Å². The highest BCUT2D eigenvalue weighted by atomic mass is 79.9. The molecule has 7 heteroatoms. The lowest BCUT2D eigenvalue weighted by Gasteiger charge is -2.09. The van der Waals surface area contributed by atoms with E-state index in [1.165, 1.54) is 6.07 Å². The number of methoxy groups -OCH3 is 1. The molecule has 0 aliphatic heterocycles. The SMILES string of the molecule is COC(=O)c1c(Cl)cc(CBr)nc1C(F)F. The zero-order valence-electron chi connectivity index (χ0n) is 8.14. The molecule has 0 aliphatic carbocycles. The second-order valence-corrected chi connectivity index (χ2v) is 3.75. The first kappa shape index (κ1) is 13.3. The molecule has 1 aromatic heterocycles. The lowest BCUT2D eigenvalue weighted by Crippen LogP contribution is -2.10. The van der Waals surface area contributed by atoms with Crippen molar-refractivity contribution in [3.8, 4) is 0 Å². The number of carbonyl (C=O) groups excluding carboxylic acids is 1. The van der Waals surface area contributed by atoms with E-state index in [9.17, 15) is 13.6 Å². The van der Waals surface area contributed by atoms with Crippen LogP contribution in [-0.2, 0) is 10.1 Å². The molecular formula is C9H7BrClF2NO2. The number of pyridine rings is 1. The van der Waals surface area contributed by atoms with Crippen LogP contribution >= 0.6 is 27.5 Å². The maximum atomic E-state index is 12.7. The van der Waals surface area contributed by atoms with E-state index in [0.29, 0.717) is 5.69 Å². The van der Waals surface area contributed by atoms with Crippen molar-refractivity contribution < 1.29 is 18.3 Å². The second kappa shape index (κ2) is 5.54. The highest BCUT2D eigenvalue weighted by Crippen LogP contribution is 2.28. The number of halogens is 4. The molecule has 0 fully saturated rings. The third-order valence-corrected chi connectivity index (χ3v) is 2.66. The number of esters is 1. The van der Waals surface area contributed by atoms with Crippen LogP contribution < -0.4 is 0 Å². The van der Waals surface area contributed by atoms with Gasteiger partial charge in [-0.05, 0) is 6.07 Å². The van der Waals surface area contributed by atoms with Crippen LogP contribution in [0.4, 0.5) is 8.78 Å². The summed E-state index contributed by atoms with van der Waals surface area (Å²) in [5, 5.41) is 0.181. The Morgan fingerprint density at radius 3 is 2.75 bits per heavy atom. The minimum Gasteiger partial charge on any atom is -0.465 e. The van der Waals surface area contributed by atoms with Crippen molar-refractivity contribution in [3.05, 3.63) is 28.0 Å². The molecule has 0 radical (unpaired) electrons. The van der Waals surface area contributed by atoms with E-state index in [2.05, 4.69) is 25.7 Å². The lowest BCUT2D eigenvalue weighted by molar-refractivity contribution is 0.0587. The monoisotopic (exact) mass is 313 g/mol. The standard InChI is InChI=1S/C9H7BrClF2NO2/c1-16-9(15)6-5(11)2-4(3-10)14-7(6)8(12)13/h2,8H,3H2,1H3. The summed E-state index contributed by atoms with van der Waals surface area (Å²) in [5.74, 6) is -0.922. The van der Waals surface area contributed by atoms with Crippen molar-refractivity contribution in [2.75, 3.05) is 7.11 Å². The molecule has 16 heavy (non-hydrogen) atoms. The summed E-state index contributed by atoms with van der Waals surface area (Å²) in [6, 6.07) is 1.34. The number of hydrogen-bond acceptors (Lipinski definition) is 3. The van der Waals surface area contributed by atoms with Crippen LogP contribution in [0.15, 0.2) is 6.07 Å². The fraction of sp³-hybridized carbons (Fsp3) is 0.333. The van der Waals surface area contributed by atoms with E-state index in [1.807, 2.05) is 0 Å². The van der Waals surface area contributed by atoms with E-state index >= 15 is 0 Å². The van der Waals surface area contributed by atoms with E-state index in [1.54, 1.807) is 0 Å². The first-order valence-electron chi connectivity index (χ1n) is 4.13. The summed E-state index contributed by atoms with van der Waals surface area (Å²) in [6.07, 6.45) is -2.88. The zero-order chi connectivity index (χ0) is 12.3. The Hall–Kier alpha value is -0.750. The van der Waals surface area contributed by atoms with E-state index in [4.69, 9.17) is 11.6 Å².